The zero-order valence-corrected chi connectivity index (χ0v) is 11.1. The van der Waals surface area contributed by atoms with Crippen molar-refractivity contribution in [1.29, 1.82) is 0 Å². The number of nitro groups is 1. The van der Waals surface area contributed by atoms with Gasteiger partial charge in [-0.15, -0.1) is 0 Å². The number of hydrogen-bond acceptors (Lipinski definition) is 4. The van der Waals surface area contributed by atoms with E-state index in [-0.39, 0.29) is 12.2 Å². The fourth-order valence-electron chi connectivity index (χ4n) is 1.89. The van der Waals surface area contributed by atoms with Crippen LogP contribution < -0.4 is 5.32 Å². The van der Waals surface area contributed by atoms with Crippen molar-refractivity contribution in [3.63, 3.8) is 0 Å². The number of nitrogens with one attached hydrogen (secondary N) is 1. The number of nitro benzene ring substituents is 1. The van der Waals surface area contributed by atoms with Crippen LogP contribution in [0.2, 0.25) is 0 Å². The van der Waals surface area contributed by atoms with Crippen LogP contribution in [-0.4, -0.2) is 10.0 Å². The number of hydrogen-bond donors (Lipinski definition) is 2. The molecule has 0 aromatic heterocycles. The maximum Gasteiger partial charge on any atom is 0.272 e. The van der Waals surface area contributed by atoms with Crippen LogP contribution in [0.1, 0.15) is 11.1 Å². The molecule has 0 unspecified atom stereocenters. The zero-order valence-electron chi connectivity index (χ0n) is 11.1. The van der Waals surface area contributed by atoms with E-state index in [1.54, 1.807) is 13.0 Å². The third-order valence-corrected chi connectivity index (χ3v) is 2.97. The molecule has 5 nitrogen and oxygen atoms in total. The van der Waals surface area contributed by atoms with Crippen LogP contribution in [-0.2, 0) is 6.54 Å². The summed E-state index contributed by atoms with van der Waals surface area (Å²) in [5.74, 6) is -3.08. The summed E-state index contributed by atoms with van der Waals surface area (Å²) in [5, 5.41) is 22.6. The van der Waals surface area contributed by atoms with Crippen molar-refractivity contribution in [3.05, 3.63) is 63.2 Å². The lowest BCUT2D eigenvalue weighted by molar-refractivity contribution is -0.385. The molecule has 0 amide bonds. The molecule has 0 saturated carbocycles. The molecule has 2 aromatic rings. The number of aromatic hydroxyl groups is 1. The maximum atomic E-state index is 13.2. The Bertz CT molecular complexity index is 682. The predicted molar refractivity (Wildman–Crippen MR) is 73.2 cm³/mol. The van der Waals surface area contributed by atoms with Gasteiger partial charge < -0.3 is 10.4 Å². The highest BCUT2D eigenvalue weighted by atomic mass is 19.1. The van der Waals surface area contributed by atoms with Gasteiger partial charge in [0.25, 0.3) is 5.69 Å². The lowest BCUT2D eigenvalue weighted by atomic mass is 10.1. The van der Waals surface area contributed by atoms with E-state index >= 15 is 0 Å². The fourth-order valence-corrected chi connectivity index (χ4v) is 1.89. The van der Waals surface area contributed by atoms with Gasteiger partial charge in [0.05, 0.1) is 4.92 Å². The van der Waals surface area contributed by atoms with Gasteiger partial charge in [0.1, 0.15) is 0 Å². The summed E-state index contributed by atoms with van der Waals surface area (Å²) in [6, 6.07) is 6.48. The maximum absolute atomic E-state index is 13.2. The van der Waals surface area contributed by atoms with Crippen molar-refractivity contribution in [2.45, 2.75) is 13.5 Å². The second-order valence-corrected chi connectivity index (χ2v) is 4.52. The molecule has 7 heteroatoms. The van der Waals surface area contributed by atoms with Gasteiger partial charge in [-0.25, -0.2) is 8.78 Å². The Labute approximate surface area is 119 Å². The highest BCUT2D eigenvalue weighted by Crippen LogP contribution is 2.24. The normalized spacial score (nSPS) is 10.4. The Kier molecular flexibility index (Phi) is 4.02. The number of rotatable bonds is 4. The van der Waals surface area contributed by atoms with Gasteiger partial charge in [-0.3, -0.25) is 10.1 Å². The van der Waals surface area contributed by atoms with Gasteiger partial charge in [0.2, 0.25) is 0 Å². The number of nitrogens with zero attached hydrogens (tertiary/aromatic N) is 1. The first-order valence-corrected chi connectivity index (χ1v) is 6.04. The van der Waals surface area contributed by atoms with Crippen LogP contribution in [0.3, 0.4) is 0 Å². The summed E-state index contributed by atoms with van der Waals surface area (Å²) in [4.78, 5) is 10.2. The van der Waals surface area contributed by atoms with E-state index in [9.17, 15) is 18.9 Å². The van der Waals surface area contributed by atoms with Gasteiger partial charge >= 0.3 is 0 Å². The largest absolute Gasteiger partial charge is 0.503 e. The molecule has 0 aliphatic rings. The van der Waals surface area contributed by atoms with Crippen molar-refractivity contribution >= 4 is 11.4 Å². The molecule has 0 radical (unpaired) electrons. The number of aryl methyl sites for hydroxylation is 1. The van der Waals surface area contributed by atoms with Gasteiger partial charge in [0, 0.05) is 23.9 Å². The second kappa shape index (κ2) is 5.74. The number of anilines is 1. The van der Waals surface area contributed by atoms with Crippen molar-refractivity contribution in [2.24, 2.45) is 0 Å². The number of phenolic OH excluding ortho intramolecular Hbond substituents is 1. The Balaban J connectivity index is 2.13. The first-order chi connectivity index (χ1) is 9.88. The topological polar surface area (TPSA) is 75.4 Å². The van der Waals surface area contributed by atoms with E-state index < -0.39 is 22.3 Å². The number of phenols is 1. The average Bonchev–Trinajstić information content (AvgIpc) is 2.42. The Morgan fingerprint density at radius 2 is 1.86 bits per heavy atom. The summed E-state index contributed by atoms with van der Waals surface area (Å²) in [6.07, 6.45) is 0. The molecule has 0 saturated heterocycles. The van der Waals surface area contributed by atoms with Crippen molar-refractivity contribution in [1.82, 2.24) is 0 Å². The molecule has 2 rings (SSSR count). The third kappa shape index (κ3) is 3.25. The van der Waals surface area contributed by atoms with E-state index in [0.29, 0.717) is 16.8 Å². The molecule has 0 fully saturated rings. The van der Waals surface area contributed by atoms with E-state index in [1.807, 2.05) is 0 Å². The van der Waals surface area contributed by atoms with Crippen molar-refractivity contribution in [2.75, 3.05) is 5.32 Å². The lowest BCUT2D eigenvalue weighted by Gasteiger charge is -2.08. The Hall–Kier alpha value is -2.70. The molecule has 110 valence electrons. The fraction of sp³-hybridized carbons (Fsp3) is 0.143. The zero-order chi connectivity index (χ0) is 15.6. The highest BCUT2D eigenvalue weighted by Gasteiger charge is 2.11. The van der Waals surface area contributed by atoms with Crippen LogP contribution in [0.15, 0.2) is 30.3 Å². The standard InChI is InChI=1S/C14H12F2N2O3/c1-8-4-10(2-3-13(8)18(20)21)17-7-9-5-11(15)14(19)12(16)6-9/h2-6,17,19H,7H2,1H3. The Morgan fingerprint density at radius 1 is 1.24 bits per heavy atom. The molecule has 2 aromatic carbocycles. The van der Waals surface area contributed by atoms with Gasteiger partial charge in [-0.1, -0.05) is 0 Å². The number of halogens is 2. The molecule has 2 N–H and O–H groups in total. The summed E-state index contributed by atoms with van der Waals surface area (Å²) in [5.41, 5.74) is 1.38. The van der Waals surface area contributed by atoms with Crippen LogP contribution in [0, 0.1) is 28.7 Å². The Morgan fingerprint density at radius 3 is 2.38 bits per heavy atom. The summed E-state index contributed by atoms with van der Waals surface area (Å²) in [6.45, 7) is 1.72. The molecule has 0 atom stereocenters. The SMILES string of the molecule is Cc1cc(NCc2cc(F)c(O)c(F)c2)ccc1[N+](=O)[O-]. The summed E-state index contributed by atoms with van der Waals surface area (Å²) < 4.78 is 26.4. The van der Waals surface area contributed by atoms with Crippen LogP contribution in [0.5, 0.6) is 5.75 Å². The smallest absolute Gasteiger partial charge is 0.272 e. The second-order valence-electron chi connectivity index (χ2n) is 4.52. The predicted octanol–water partition coefficient (Wildman–Crippen LogP) is 3.50. The van der Waals surface area contributed by atoms with Crippen LogP contribution >= 0.6 is 0 Å². The van der Waals surface area contributed by atoms with Gasteiger partial charge in [-0.05, 0) is 36.8 Å². The van der Waals surface area contributed by atoms with Crippen molar-refractivity contribution in [3.8, 4) is 5.75 Å². The lowest BCUT2D eigenvalue weighted by Crippen LogP contribution is -2.02. The first kappa shape index (κ1) is 14.7. The first-order valence-electron chi connectivity index (χ1n) is 6.04. The minimum atomic E-state index is -1.04. The average molecular weight is 294 g/mol. The molecule has 0 bridgehead atoms. The molecule has 0 spiro atoms. The molecule has 0 aliphatic carbocycles. The molecule has 0 aliphatic heterocycles. The van der Waals surface area contributed by atoms with E-state index in [0.717, 1.165) is 12.1 Å². The van der Waals surface area contributed by atoms with Gasteiger partial charge in [0.15, 0.2) is 17.4 Å². The summed E-state index contributed by atoms with van der Waals surface area (Å²) in [7, 11) is 0. The number of benzene rings is 2. The quantitative estimate of drug-likeness (QED) is 0.668. The van der Waals surface area contributed by atoms with E-state index in [2.05, 4.69) is 5.32 Å². The third-order valence-electron chi connectivity index (χ3n) is 2.97. The minimum absolute atomic E-state index is 0.00210. The van der Waals surface area contributed by atoms with Gasteiger partial charge in [-0.2, -0.15) is 0 Å². The highest BCUT2D eigenvalue weighted by molar-refractivity contribution is 5.53. The van der Waals surface area contributed by atoms with Crippen LogP contribution in [0.25, 0.3) is 0 Å². The van der Waals surface area contributed by atoms with Crippen LogP contribution in [0.4, 0.5) is 20.2 Å². The van der Waals surface area contributed by atoms with Crippen molar-refractivity contribution < 1.29 is 18.8 Å². The molecular weight excluding hydrogens is 282 g/mol. The molecular formula is C14H12F2N2O3. The molecule has 21 heavy (non-hydrogen) atoms. The minimum Gasteiger partial charge on any atom is -0.503 e. The monoisotopic (exact) mass is 294 g/mol. The molecule has 0 heterocycles. The van der Waals surface area contributed by atoms with E-state index in [4.69, 9.17) is 5.11 Å². The summed E-state index contributed by atoms with van der Waals surface area (Å²) >= 11 is 0. The van der Waals surface area contributed by atoms with E-state index in [1.165, 1.54) is 12.1 Å².